The number of rotatable bonds is 4. The molecule has 2 unspecified atom stereocenters. The van der Waals surface area contributed by atoms with Gasteiger partial charge in [0.25, 0.3) is 0 Å². The van der Waals surface area contributed by atoms with E-state index in [1.165, 1.54) is 11.1 Å². The van der Waals surface area contributed by atoms with Crippen molar-refractivity contribution in [2.24, 2.45) is 5.73 Å². The first-order valence-electron chi connectivity index (χ1n) is 5.94. The van der Waals surface area contributed by atoms with Gasteiger partial charge in [-0.2, -0.15) is 0 Å². The third kappa shape index (κ3) is 2.53. The van der Waals surface area contributed by atoms with Crippen molar-refractivity contribution < 1.29 is 9.47 Å². The van der Waals surface area contributed by atoms with E-state index < -0.39 is 0 Å². The number of nitrogens with two attached hydrogens (primary N) is 1. The molecule has 0 aliphatic carbocycles. The number of ether oxygens (including phenoxy) is 2. The third-order valence-corrected chi connectivity index (χ3v) is 3.09. The molecule has 1 heterocycles. The molecular formula is C13H20N2O2. The van der Waals surface area contributed by atoms with Gasteiger partial charge in [-0.25, -0.2) is 0 Å². The summed E-state index contributed by atoms with van der Waals surface area (Å²) in [4.78, 5) is 0. The van der Waals surface area contributed by atoms with Crippen LogP contribution in [0.5, 0.6) is 11.5 Å². The molecule has 0 radical (unpaired) electrons. The van der Waals surface area contributed by atoms with Crippen LogP contribution >= 0.6 is 0 Å². The molecule has 2 rings (SSSR count). The van der Waals surface area contributed by atoms with Crippen LogP contribution in [0.1, 0.15) is 30.5 Å². The monoisotopic (exact) mass is 236 g/mol. The van der Waals surface area contributed by atoms with Gasteiger partial charge in [0.1, 0.15) is 0 Å². The van der Waals surface area contributed by atoms with Crippen molar-refractivity contribution in [3.05, 3.63) is 23.3 Å². The van der Waals surface area contributed by atoms with E-state index in [-0.39, 0.29) is 12.1 Å². The van der Waals surface area contributed by atoms with Crippen LogP contribution in [0.2, 0.25) is 0 Å². The van der Waals surface area contributed by atoms with Crippen LogP contribution < -0.4 is 20.5 Å². The van der Waals surface area contributed by atoms with Crippen LogP contribution in [0.4, 0.5) is 0 Å². The van der Waals surface area contributed by atoms with Crippen molar-refractivity contribution in [2.75, 3.05) is 13.8 Å². The van der Waals surface area contributed by atoms with Gasteiger partial charge in [0.2, 0.25) is 6.79 Å². The van der Waals surface area contributed by atoms with Gasteiger partial charge in [0.15, 0.2) is 11.5 Å². The number of hydrogen-bond acceptors (Lipinski definition) is 4. The molecule has 0 spiro atoms. The molecule has 4 heteroatoms. The third-order valence-electron chi connectivity index (χ3n) is 3.09. The lowest BCUT2D eigenvalue weighted by atomic mass is 9.96. The highest BCUT2D eigenvalue weighted by molar-refractivity contribution is 5.49. The van der Waals surface area contributed by atoms with E-state index in [0.717, 1.165) is 17.9 Å². The summed E-state index contributed by atoms with van der Waals surface area (Å²) in [7, 11) is 1.96. The molecular weight excluding hydrogens is 216 g/mol. The Kier molecular flexibility index (Phi) is 3.54. The number of aryl methyl sites for hydroxylation is 1. The largest absolute Gasteiger partial charge is 0.454 e. The second-order valence-electron chi connectivity index (χ2n) is 4.62. The first-order valence-corrected chi connectivity index (χ1v) is 5.94. The van der Waals surface area contributed by atoms with Crippen LogP contribution in [-0.2, 0) is 0 Å². The lowest BCUT2D eigenvalue weighted by molar-refractivity contribution is 0.174. The van der Waals surface area contributed by atoms with E-state index in [1.54, 1.807) is 0 Å². The standard InChI is InChI=1S/C13H20N2O2/c1-8-4-12-13(17-7-16-12)6-10(8)11(15-3)5-9(2)14/h4,6,9,11,15H,5,7,14H2,1-3H3. The highest BCUT2D eigenvalue weighted by Gasteiger charge is 2.20. The van der Waals surface area contributed by atoms with Crippen molar-refractivity contribution >= 4 is 0 Å². The minimum absolute atomic E-state index is 0.164. The summed E-state index contributed by atoms with van der Waals surface area (Å²) >= 11 is 0. The van der Waals surface area contributed by atoms with E-state index in [0.29, 0.717) is 6.79 Å². The van der Waals surface area contributed by atoms with E-state index in [9.17, 15) is 0 Å². The topological polar surface area (TPSA) is 56.5 Å². The quantitative estimate of drug-likeness (QED) is 0.835. The highest BCUT2D eigenvalue weighted by Crippen LogP contribution is 2.37. The summed E-state index contributed by atoms with van der Waals surface area (Å²) < 4.78 is 10.8. The van der Waals surface area contributed by atoms with E-state index in [2.05, 4.69) is 18.3 Å². The lowest BCUT2D eigenvalue weighted by Gasteiger charge is -2.21. The molecule has 94 valence electrons. The maximum Gasteiger partial charge on any atom is 0.231 e. The Morgan fingerprint density at radius 1 is 1.35 bits per heavy atom. The molecule has 0 bridgehead atoms. The predicted molar refractivity (Wildman–Crippen MR) is 67.4 cm³/mol. The Balaban J connectivity index is 2.30. The van der Waals surface area contributed by atoms with Crippen molar-refractivity contribution in [1.29, 1.82) is 0 Å². The first kappa shape index (κ1) is 12.2. The van der Waals surface area contributed by atoms with E-state index in [1.807, 2.05) is 20.0 Å². The van der Waals surface area contributed by atoms with Gasteiger partial charge in [0.05, 0.1) is 0 Å². The fourth-order valence-electron chi connectivity index (χ4n) is 2.21. The Labute approximate surface area is 102 Å². The Morgan fingerprint density at radius 2 is 2.00 bits per heavy atom. The van der Waals surface area contributed by atoms with E-state index >= 15 is 0 Å². The van der Waals surface area contributed by atoms with Crippen LogP contribution in [-0.4, -0.2) is 19.9 Å². The average Bonchev–Trinajstić information content (AvgIpc) is 2.71. The highest BCUT2D eigenvalue weighted by atomic mass is 16.7. The summed E-state index contributed by atoms with van der Waals surface area (Å²) in [5, 5.41) is 3.31. The number of benzene rings is 1. The molecule has 1 aromatic rings. The molecule has 1 aliphatic heterocycles. The van der Waals surface area contributed by atoms with Gasteiger partial charge in [-0.15, -0.1) is 0 Å². The SMILES string of the molecule is CNC(CC(C)N)c1cc2c(cc1C)OCO2. The van der Waals surface area contributed by atoms with Gasteiger partial charge in [0, 0.05) is 12.1 Å². The zero-order chi connectivity index (χ0) is 12.4. The van der Waals surface area contributed by atoms with Crippen molar-refractivity contribution in [2.45, 2.75) is 32.4 Å². The lowest BCUT2D eigenvalue weighted by Crippen LogP contribution is -2.26. The maximum absolute atomic E-state index is 5.87. The molecule has 3 N–H and O–H groups in total. The van der Waals surface area contributed by atoms with Crippen LogP contribution in [0, 0.1) is 6.92 Å². The smallest absolute Gasteiger partial charge is 0.231 e. The summed E-state index contributed by atoms with van der Waals surface area (Å²) in [5.41, 5.74) is 8.31. The second-order valence-corrected chi connectivity index (χ2v) is 4.62. The fraction of sp³-hybridized carbons (Fsp3) is 0.538. The predicted octanol–water partition coefficient (Wildman–Crippen LogP) is 1.72. The second kappa shape index (κ2) is 4.94. The Morgan fingerprint density at radius 3 is 2.59 bits per heavy atom. The molecule has 1 aliphatic rings. The number of hydrogen-bond donors (Lipinski definition) is 2. The molecule has 0 fully saturated rings. The number of fused-ring (bicyclic) bond motifs is 1. The molecule has 2 atom stereocenters. The van der Waals surface area contributed by atoms with E-state index in [4.69, 9.17) is 15.2 Å². The van der Waals surface area contributed by atoms with Crippen molar-refractivity contribution in [1.82, 2.24) is 5.32 Å². The minimum Gasteiger partial charge on any atom is -0.454 e. The van der Waals surface area contributed by atoms with Gasteiger partial charge in [-0.1, -0.05) is 0 Å². The molecule has 4 nitrogen and oxygen atoms in total. The molecule has 1 aromatic carbocycles. The Bertz CT molecular complexity index is 405. The van der Waals surface area contributed by atoms with Crippen LogP contribution in [0.25, 0.3) is 0 Å². The van der Waals surface area contributed by atoms with Crippen molar-refractivity contribution in [3.8, 4) is 11.5 Å². The average molecular weight is 236 g/mol. The first-order chi connectivity index (χ1) is 8.11. The zero-order valence-corrected chi connectivity index (χ0v) is 10.6. The molecule has 0 saturated heterocycles. The van der Waals surface area contributed by atoms with Gasteiger partial charge >= 0.3 is 0 Å². The molecule has 0 aromatic heterocycles. The maximum atomic E-state index is 5.87. The summed E-state index contributed by atoms with van der Waals surface area (Å²) in [5.74, 6) is 1.66. The van der Waals surface area contributed by atoms with Crippen molar-refractivity contribution in [3.63, 3.8) is 0 Å². The minimum atomic E-state index is 0.164. The van der Waals surface area contributed by atoms with Gasteiger partial charge in [-0.05, 0) is 50.6 Å². The normalized spacial score (nSPS) is 16.9. The summed E-state index contributed by atoms with van der Waals surface area (Å²) in [6.45, 7) is 4.42. The Hall–Kier alpha value is -1.26. The van der Waals surface area contributed by atoms with Crippen LogP contribution in [0.15, 0.2) is 12.1 Å². The zero-order valence-electron chi connectivity index (χ0n) is 10.6. The number of nitrogens with one attached hydrogen (secondary N) is 1. The molecule has 17 heavy (non-hydrogen) atoms. The summed E-state index contributed by atoms with van der Waals surface area (Å²) in [6.07, 6.45) is 0.900. The van der Waals surface area contributed by atoms with Crippen LogP contribution in [0.3, 0.4) is 0 Å². The summed E-state index contributed by atoms with van der Waals surface area (Å²) in [6, 6.07) is 4.51. The van der Waals surface area contributed by atoms with Gasteiger partial charge in [-0.3, -0.25) is 0 Å². The fourth-order valence-corrected chi connectivity index (χ4v) is 2.21. The van der Waals surface area contributed by atoms with Gasteiger partial charge < -0.3 is 20.5 Å². The molecule has 0 saturated carbocycles. The molecule has 0 amide bonds.